The molecule has 7 nitrogen and oxygen atoms in total. The average Bonchev–Trinajstić information content (AvgIpc) is 3.19. The van der Waals surface area contributed by atoms with E-state index in [0.29, 0.717) is 16.4 Å². The summed E-state index contributed by atoms with van der Waals surface area (Å²) in [7, 11) is 0. The molecule has 0 saturated carbocycles. The van der Waals surface area contributed by atoms with Gasteiger partial charge in [0.05, 0.1) is 23.8 Å². The summed E-state index contributed by atoms with van der Waals surface area (Å²) in [6.07, 6.45) is 3.13. The molecule has 1 atom stereocenters. The zero-order chi connectivity index (χ0) is 21.9. The number of amides is 1. The maximum atomic E-state index is 13.4. The monoisotopic (exact) mass is 470 g/mol. The molecule has 0 bridgehead atoms. The van der Waals surface area contributed by atoms with E-state index in [-0.39, 0.29) is 29.5 Å². The summed E-state index contributed by atoms with van der Waals surface area (Å²) >= 11 is 5.27. The minimum atomic E-state index is -1.84. The zero-order valence-electron chi connectivity index (χ0n) is 16.5. The van der Waals surface area contributed by atoms with E-state index in [1.807, 2.05) is 20.8 Å². The third-order valence-corrected chi connectivity index (χ3v) is 5.99. The number of nitrogens with zero attached hydrogens (tertiary/aromatic N) is 3. The SMILES string of the molecule is CC(C)(C)OCCN1C(C(=O)Nc2ccc(F)c(Cl)c2)=CC(c2nccs2)=N[S+]1[O-]. The smallest absolute Gasteiger partial charge is 0.276 e. The molecule has 0 fully saturated rings. The predicted molar refractivity (Wildman–Crippen MR) is 117 cm³/mol. The van der Waals surface area contributed by atoms with Crippen LogP contribution in [-0.4, -0.2) is 44.2 Å². The van der Waals surface area contributed by atoms with Crippen LogP contribution in [0.1, 0.15) is 25.8 Å². The Bertz CT molecular complexity index is 977. The van der Waals surface area contributed by atoms with E-state index in [9.17, 15) is 13.7 Å². The summed E-state index contributed by atoms with van der Waals surface area (Å²) in [4.78, 5) is 17.2. The Kier molecular flexibility index (Phi) is 7.14. The largest absolute Gasteiger partial charge is 0.566 e. The van der Waals surface area contributed by atoms with Gasteiger partial charge in [0.2, 0.25) is 11.5 Å². The molecule has 2 aromatic rings. The van der Waals surface area contributed by atoms with Crippen molar-refractivity contribution in [3.05, 3.63) is 57.4 Å². The second kappa shape index (κ2) is 9.44. The van der Waals surface area contributed by atoms with Crippen molar-refractivity contribution in [2.24, 2.45) is 4.40 Å². The average molecular weight is 471 g/mol. The van der Waals surface area contributed by atoms with Crippen LogP contribution in [0.5, 0.6) is 0 Å². The molecule has 30 heavy (non-hydrogen) atoms. The van der Waals surface area contributed by atoms with Crippen LogP contribution in [0.2, 0.25) is 5.02 Å². The fraction of sp³-hybridized carbons (Fsp3) is 0.316. The van der Waals surface area contributed by atoms with E-state index in [1.54, 1.807) is 11.6 Å². The summed E-state index contributed by atoms with van der Waals surface area (Å²) in [5.41, 5.74) is 0.399. The second-order valence-electron chi connectivity index (χ2n) is 7.22. The van der Waals surface area contributed by atoms with Crippen LogP contribution in [0.25, 0.3) is 0 Å². The number of halogens is 2. The highest BCUT2D eigenvalue weighted by Crippen LogP contribution is 2.25. The van der Waals surface area contributed by atoms with Crippen molar-refractivity contribution in [1.82, 2.24) is 9.29 Å². The lowest BCUT2D eigenvalue weighted by Crippen LogP contribution is -2.41. The van der Waals surface area contributed by atoms with E-state index < -0.39 is 23.3 Å². The summed E-state index contributed by atoms with van der Waals surface area (Å²) in [6.45, 7) is 6.13. The lowest BCUT2D eigenvalue weighted by Gasteiger charge is -2.28. The van der Waals surface area contributed by atoms with Crippen molar-refractivity contribution < 1.29 is 18.5 Å². The molecular formula is C19H20ClFN4O3S2. The van der Waals surface area contributed by atoms with Gasteiger partial charge in [-0.25, -0.2) is 9.37 Å². The standard InChI is InChI=1S/C19H20ClFN4O3S2/c1-19(2,3)28-8-7-25-16(11-15(24-30(25)27)18-22-6-9-29-18)17(26)23-12-4-5-14(21)13(20)10-12/h4-6,9-11H,7-8H2,1-3H3,(H,23,26). The zero-order valence-corrected chi connectivity index (χ0v) is 18.9. The van der Waals surface area contributed by atoms with Crippen LogP contribution in [0.4, 0.5) is 10.1 Å². The van der Waals surface area contributed by atoms with Crippen molar-refractivity contribution in [3.63, 3.8) is 0 Å². The van der Waals surface area contributed by atoms with Crippen molar-refractivity contribution in [2.45, 2.75) is 26.4 Å². The fourth-order valence-corrected chi connectivity index (χ4v) is 4.25. The molecule has 1 unspecified atom stereocenters. The predicted octanol–water partition coefficient (Wildman–Crippen LogP) is 3.96. The highest BCUT2D eigenvalue weighted by Gasteiger charge is 2.34. The molecule has 0 radical (unpaired) electrons. The van der Waals surface area contributed by atoms with Gasteiger partial charge in [-0.15, -0.1) is 11.3 Å². The molecule has 1 aromatic heterocycles. The van der Waals surface area contributed by atoms with Crippen LogP contribution in [0.3, 0.4) is 0 Å². The van der Waals surface area contributed by atoms with Gasteiger partial charge in [-0.3, -0.25) is 4.79 Å². The quantitative estimate of drug-likeness (QED) is 0.645. The number of carbonyl (C=O) groups excluding carboxylic acids is 1. The summed E-state index contributed by atoms with van der Waals surface area (Å²) in [5, 5.41) is 4.85. The topological polar surface area (TPSA) is 89.9 Å². The molecule has 3 rings (SSSR count). The van der Waals surface area contributed by atoms with Gasteiger partial charge < -0.3 is 14.6 Å². The van der Waals surface area contributed by atoms with E-state index in [0.717, 1.165) is 6.07 Å². The number of carbonyl (C=O) groups is 1. The molecular weight excluding hydrogens is 451 g/mol. The number of allylic oxidation sites excluding steroid dienone is 1. The molecule has 2 heterocycles. The van der Waals surface area contributed by atoms with Crippen molar-refractivity contribution in [1.29, 1.82) is 0 Å². The summed E-state index contributed by atoms with van der Waals surface area (Å²) in [6, 6.07) is 3.85. The summed E-state index contributed by atoms with van der Waals surface area (Å²) in [5.74, 6) is -1.13. The van der Waals surface area contributed by atoms with Crippen molar-refractivity contribution >= 4 is 51.8 Å². The van der Waals surface area contributed by atoms with Crippen molar-refractivity contribution in [3.8, 4) is 0 Å². The molecule has 1 aliphatic rings. The first-order chi connectivity index (χ1) is 14.1. The van der Waals surface area contributed by atoms with Crippen molar-refractivity contribution in [2.75, 3.05) is 18.5 Å². The van der Waals surface area contributed by atoms with Gasteiger partial charge in [0, 0.05) is 23.3 Å². The number of hydrogen-bond donors (Lipinski definition) is 1. The maximum absolute atomic E-state index is 13.4. The molecule has 0 saturated heterocycles. The van der Waals surface area contributed by atoms with E-state index in [4.69, 9.17) is 16.3 Å². The lowest BCUT2D eigenvalue weighted by molar-refractivity contribution is -0.113. The Labute approximate surface area is 186 Å². The molecule has 0 spiro atoms. The number of hydrogen-bond acceptors (Lipinski definition) is 7. The van der Waals surface area contributed by atoms with E-state index in [1.165, 1.54) is 33.9 Å². The highest BCUT2D eigenvalue weighted by molar-refractivity contribution is 7.88. The molecule has 1 N–H and O–H groups in total. The number of benzene rings is 1. The Balaban J connectivity index is 1.85. The normalized spacial score (nSPS) is 16.9. The van der Waals surface area contributed by atoms with Gasteiger partial charge in [0.1, 0.15) is 10.8 Å². The first kappa shape index (κ1) is 22.7. The van der Waals surface area contributed by atoms with Gasteiger partial charge in [-0.2, -0.15) is 4.31 Å². The fourth-order valence-electron chi connectivity index (χ4n) is 2.48. The maximum Gasteiger partial charge on any atom is 0.276 e. The third-order valence-electron chi connectivity index (χ3n) is 3.80. The van der Waals surface area contributed by atoms with Crippen LogP contribution in [-0.2, 0) is 21.1 Å². The Morgan fingerprint density at radius 1 is 1.43 bits per heavy atom. The third kappa shape index (κ3) is 5.79. The van der Waals surface area contributed by atoms with Crippen LogP contribution >= 0.6 is 22.9 Å². The molecule has 160 valence electrons. The number of ether oxygens (including phenoxy) is 1. The number of rotatable bonds is 6. The number of anilines is 1. The highest BCUT2D eigenvalue weighted by atomic mass is 35.5. The van der Waals surface area contributed by atoms with Crippen LogP contribution in [0.15, 0.2) is 45.9 Å². The summed E-state index contributed by atoms with van der Waals surface area (Å²) < 4.78 is 37.4. The molecule has 0 aliphatic carbocycles. The first-order valence-corrected chi connectivity index (χ1v) is 11.3. The number of nitrogens with one attached hydrogen (secondary N) is 1. The molecule has 1 aromatic carbocycles. The van der Waals surface area contributed by atoms with E-state index in [2.05, 4.69) is 14.7 Å². The minimum absolute atomic E-state index is 0.116. The lowest BCUT2D eigenvalue weighted by atomic mass is 10.2. The van der Waals surface area contributed by atoms with Crippen LogP contribution in [0, 0.1) is 5.82 Å². The number of aromatic nitrogens is 1. The van der Waals surface area contributed by atoms with E-state index >= 15 is 0 Å². The Morgan fingerprint density at radius 3 is 2.83 bits per heavy atom. The molecule has 1 aliphatic heterocycles. The van der Waals surface area contributed by atoms with Gasteiger partial charge in [-0.1, -0.05) is 11.6 Å². The van der Waals surface area contributed by atoms with Gasteiger partial charge in [0.15, 0.2) is 11.4 Å². The Hall–Kier alpha value is -1.98. The minimum Gasteiger partial charge on any atom is -0.566 e. The molecule has 1 amide bonds. The molecule has 11 heteroatoms. The second-order valence-corrected chi connectivity index (χ2v) is 9.61. The Morgan fingerprint density at radius 2 is 2.20 bits per heavy atom. The van der Waals surface area contributed by atoms with Gasteiger partial charge in [0.25, 0.3) is 5.91 Å². The first-order valence-electron chi connectivity index (χ1n) is 8.94. The van der Waals surface area contributed by atoms with Crippen LogP contribution < -0.4 is 5.32 Å². The van der Waals surface area contributed by atoms with Gasteiger partial charge in [-0.05, 0) is 43.4 Å². The van der Waals surface area contributed by atoms with Gasteiger partial charge >= 0.3 is 0 Å². The number of thiazole rings is 1.